The van der Waals surface area contributed by atoms with Crippen LogP contribution in [0, 0.1) is 10.8 Å². The first kappa shape index (κ1) is 56.7. The van der Waals surface area contributed by atoms with Crippen LogP contribution >= 0.6 is 0 Å². The summed E-state index contributed by atoms with van der Waals surface area (Å²) < 4.78 is 27.4. The molecule has 4 saturated heterocycles. The summed E-state index contributed by atoms with van der Waals surface area (Å²) >= 11 is 0. The van der Waals surface area contributed by atoms with Gasteiger partial charge in [0.15, 0.2) is 17.9 Å². The zero-order valence-electron chi connectivity index (χ0n) is 32.3. The minimum atomic E-state index is -2.24. The number of carbonyl (C=O) groups excluding carboxylic acids is 5. The van der Waals surface area contributed by atoms with Crippen molar-refractivity contribution in [3.05, 3.63) is 51.6 Å². The van der Waals surface area contributed by atoms with E-state index in [1.165, 1.54) is 25.3 Å². The van der Waals surface area contributed by atoms with E-state index in [4.69, 9.17) is 29.4 Å². The minimum Gasteiger partial charge on any atom is -2.00 e. The molecule has 4 fully saturated rings. The summed E-state index contributed by atoms with van der Waals surface area (Å²) in [7, 11) is 1.32. The fourth-order valence-electron chi connectivity index (χ4n) is 8.89. The number of esters is 2. The largest absolute Gasteiger partial charge is 2.00 e. The number of rotatable bonds is 5. The number of Topliss-reactive ketones (excluding diaryl/α,β-unsaturated/α-hetero) is 1. The van der Waals surface area contributed by atoms with Crippen LogP contribution in [0.2, 0.25) is 0 Å². The molecular weight excluding hydrogens is 880 g/mol. The molecule has 2 radical (unpaired) electrons. The number of hydrogen-bond donors (Lipinski definition) is 6. The summed E-state index contributed by atoms with van der Waals surface area (Å²) in [4.78, 5) is 63.1. The summed E-state index contributed by atoms with van der Waals surface area (Å²) in [6.07, 6.45) is -3.66. The number of ketones is 3. The predicted molar refractivity (Wildman–Crippen MR) is 180 cm³/mol. The number of methoxy groups -OCH3 is 1. The van der Waals surface area contributed by atoms with Gasteiger partial charge < -0.3 is 82.3 Å². The molecular formula is C37H41NO20V2-10. The SMILES string of the molecule is COc1cccc2c1C(=O)c1c(O)c3c(c(O)c1C2=O)C[C@@](O)(C(=O)CO)C[C@@H]3O[C@H]1C[C@H](N)[C@H](O)[C@H](C)O1.C[C@@]12C(=O)OC(=O)[C@]1(C)C1CCC2O1.[O-2].[O-2].[O-2].[O-2].[O-2].[V].[V]. The molecule has 2 aliphatic carbocycles. The summed E-state index contributed by atoms with van der Waals surface area (Å²) in [5.41, 5.74) is 0.888. The Morgan fingerprint density at radius 3 is 1.95 bits per heavy atom. The van der Waals surface area contributed by atoms with Gasteiger partial charge in [-0.2, -0.15) is 0 Å². The molecule has 60 heavy (non-hydrogen) atoms. The number of nitrogens with two attached hydrogens (primary N) is 1. The van der Waals surface area contributed by atoms with Crippen molar-refractivity contribution in [2.24, 2.45) is 16.6 Å². The number of cyclic esters (lactones) is 2. The number of fused-ring (bicyclic) bond motifs is 8. The van der Waals surface area contributed by atoms with Crippen molar-refractivity contribution in [3.8, 4) is 17.2 Å². The summed E-state index contributed by atoms with van der Waals surface area (Å²) in [6.45, 7) is 4.15. The van der Waals surface area contributed by atoms with Crippen molar-refractivity contribution in [1.29, 1.82) is 0 Å². The number of benzene rings is 2. The third-order valence-corrected chi connectivity index (χ3v) is 12.2. The van der Waals surface area contributed by atoms with Crippen LogP contribution in [0.25, 0.3) is 0 Å². The molecule has 334 valence electrons. The van der Waals surface area contributed by atoms with E-state index >= 15 is 0 Å². The Labute approximate surface area is 366 Å². The zero-order valence-corrected chi connectivity index (χ0v) is 35.1. The van der Waals surface area contributed by atoms with Crippen LogP contribution in [0.1, 0.15) is 95.5 Å². The van der Waals surface area contributed by atoms with E-state index in [-0.39, 0.29) is 111 Å². The molecule has 7 N–H and O–H groups in total. The molecule has 0 aromatic heterocycles. The second-order valence-electron chi connectivity index (χ2n) is 14.9. The third-order valence-electron chi connectivity index (χ3n) is 12.2. The van der Waals surface area contributed by atoms with Gasteiger partial charge in [-0.25, -0.2) is 0 Å². The number of aliphatic hydroxyl groups excluding tert-OH is 2. The third kappa shape index (κ3) is 7.96. The second kappa shape index (κ2) is 19.8. The molecule has 4 aliphatic heterocycles. The Morgan fingerprint density at radius 1 is 0.883 bits per heavy atom. The summed E-state index contributed by atoms with van der Waals surface area (Å²) in [5, 5.41) is 53.7. The van der Waals surface area contributed by atoms with Crippen molar-refractivity contribution in [2.75, 3.05) is 13.7 Å². The molecule has 2 aromatic rings. The number of ether oxygens (including phenoxy) is 5. The van der Waals surface area contributed by atoms with Crippen LogP contribution in [0.5, 0.6) is 17.2 Å². The number of phenols is 2. The van der Waals surface area contributed by atoms with Gasteiger partial charge >= 0.3 is 11.9 Å². The number of hydrogen-bond acceptors (Lipinski definition) is 16. The second-order valence-corrected chi connectivity index (χ2v) is 14.9. The van der Waals surface area contributed by atoms with Gasteiger partial charge in [0.1, 0.15) is 40.3 Å². The van der Waals surface area contributed by atoms with Crippen molar-refractivity contribution in [2.45, 2.75) is 101 Å². The van der Waals surface area contributed by atoms with E-state index in [0.29, 0.717) is 0 Å². The smallest absolute Gasteiger partial charge is 0.323 e. The molecule has 2 bridgehead atoms. The van der Waals surface area contributed by atoms with Gasteiger partial charge in [0.25, 0.3) is 0 Å². The van der Waals surface area contributed by atoms with Crippen LogP contribution in [0.3, 0.4) is 0 Å². The van der Waals surface area contributed by atoms with E-state index in [1.807, 2.05) is 0 Å². The number of carbonyl (C=O) groups is 5. The van der Waals surface area contributed by atoms with Crippen LogP contribution in [-0.4, -0.2) is 111 Å². The first-order valence-corrected chi connectivity index (χ1v) is 17.3. The minimum absolute atomic E-state index is 0. The fourth-order valence-corrected chi connectivity index (χ4v) is 8.89. The summed E-state index contributed by atoms with van der Waals surface area (Å²) in [5.74, 6) is -4.59. The maximum Gasteiger partial charge on any atom is 0.323 e. The van der Waals surface area contributed by atoms with Crippen LogP contribution in [-0.2, 0) is 104 Å². The molecule has 8 rings (SSSR count). The van der Waals surface area contributed by atoms with Crippen molar-refractivity contribution < 1.29 is 138 Å². The molecule has 2 aromatic carbocycles. The molecule has 4 heterocycles. The van der Waals surface area contributed by atoms with E-state index in [2.05, 4.69) is 0 Å². The first-order valence-electron chi connectivity index (χ1n) is 17.3. The first-order chi connectivity index (χ1) is 24.9. The molecule has 23 heteroatoms. The maximum atomic E-state index is 13.6. The molecule has 2 unspecified atom stereocenters. The Kier molecular flexibility index (Phi) is 18.7. The van der Waals surface area contributed by atoms with Gasteiger partial charge in [0.2, 0.25) is 5.78 Å². The van der Waals surface area contributed by atoms with Gasteiger partial charge in [0.05, 0.1) is 54.3 Å². The molecule has 0 amide bonds. The van der Waals surface area contributed by atoms with Crippen LogP contribution in [0.4, 0.5) is 0 Å². The molecule has 21 nitrogen and oxygen atoms in total. The van der Waals surface area contributed by atoms with Crippen molar-refractivity contribution in [1.82, 2.24) is 0 Å². The fraction of sp³-hybridized carbons (Fsp3) is 0.541. The predicted octanol–water partition coefficient (Wildman–Crippen LogP) is 0.0459. The van der Waals surface area contributed by atoms with Gasteiger partial charge in [-0.05, 0) is 39.7 Å². The van der Waals surface area contributed by atoms with Gasteiger partial charge in [0, 0.05) is 79.1 Å². The maximum absolute atomic E-state index is 13.6. The molecule has 10 atom stereocenters. The quantitative estimate of drug-likeness (QED) is 0.112. The Morgan fingerprint density at radius 2 is 1.43 bits per heavy atom. The Balaban J connectivity index is 0.00000141. The number of aromatic hydroxyl groups is 2. The number of aliphatic hydroxyl groups is 3. The molecule has 0 saturated carbocycles. The Hall–Kier alpha value is -3.32. The van der Waals surface area contributed by atoms with Gasteiger partial charge in [-0.3, -0.25) is 24.0 Å². The standard InChI is InChI=1S/C27H29NO11.C10H12O4.5O.2V/c1-10-22(31)13(28)6-17(38-10)39-15-8-27(36,16(30)9-29)7-12-19(15)26(35)21-20(24(12)33)23(32)11-4-3-5-14(37-2)18(11)25(21)34;1-9-5-3-4-6(13-5)10(9,2)8(12)14-7(9)11;;;;;;;/h3-5,10,13,15,17,22,29,31,33,35-36H,6-9,28H2,1-2H3;5-6H,3-4H2,1-2H3;;;;;;;/q;;5*-2;;/t10-,13-,15-,17-,22+,27-;5?,6?,9-,10+;;;;;;;/m0......../s1. The molecule has 6 aliphatic rings. The molecule has 0 spiro atoms. The summed E-state index contributed by atoms with van der Waals surface area (Å²) in [6, 6.07) is 3.64. The van der Waals surface area contributed by atoms with Crippen LogP contribution < -0.4 is 10.5 Å². The van der Waals surface area contributed by atoms with Crippen LogP contribution in [0.15, 0.2) is 18.2 Å². The van der Waals surface area contributed by atoms with E-state index in [9.17, 15) is 49.5 Å². The average Bonchev–Trinajstić information content (AvgIpc) is 3.76. The topological polar surface area (TPSA) is 401 Å². The Bertz CT molecular complexity index is 1940. The van der Waals surface area contributed by atoms with Crippen molar-refractivity contribution >= 4 is 29.3 Å². The number of phenolic OH excluding ortho intramolecular Hbond substituents is 2. The van der Waals surface area contributed by atoms with E-state index in [0.717, 1.165) is 12.8 Å². The monoisotopic (exact) mass is 921 g/mol. The zero-order chi connectivity index (χ0) is 38.5. The van der Waals surface area contributed by atoms with Gasteiger partial charge in [-0.1, -0.05) is 12.1 Å². The van der Waals surface area contributed by atoms with E-state index < -0.39 is 118 Å². The average molecular weight is 922 g/mol. The normalized spacial score (nSPS) is 32.2. The van der Waals surface area contributed by atoms with Gasteiger partial charge in [-0.15, -0.1) is 0 Å². The van der Waals surface area contributed by atoms with Crippen molar-refractivity contribution in [3.63, 3.8) is 0 Å². The van der Waals surface area contributed by atoms with E-state index in [1.54, 1.807) is 20.8 Å².